The average Bonchev–Trinajstić information content (AvgIpc) is 2.69. The highest BCUT2D eigenvalue weighted by Gasteiger charge is 2.13. The van der Waals surface area contributed by atoms with Gasteiger partial charge in [-0.05, 0) is 31.5 Å². The van der Waals surface area contributed by atoms with Crippen LogP contribution in [0.1, 0.15) is 12.8 Å². The highest BCUT2D eigenvalue weighted by Crippen LogP contribution is 2.21. The van der Waals surface area contributed by atoms with Crippen molar-refractivity contribution >= 4 is 5.69 Å². The molecule has 1 aromatic rings. The molecule has 1 saturated heterocycles. The predicted molar refractivity (Wildman–Crippen MR) is 57.6 cm³/mol. The lowest BCUT2D eigenvalue weighted by Gasteiger charge is -2.13. The maximum atomic E-state index is 9.50. The van der Waals surface area contributed by atoms with Crippen LogP contribution in [-0.2, 0) is 0 Å². The third-order valence-corrected chi connectivity index (χ3v) is 2.61. The quantitative estimate of drug-likeness (QED) is 0.637. The Hall–Kier alpha value is -1.22. The summed E-state index contributed by atoms with van der Waals surface area (Å²) in [5.74, 6) is 0.325. The fourth-order valence-corrected chi connectivity index (χ4v) is 1.79. The molecule has 1 unspecified atom stereocenters. The second-order valence-electron chi connectivity index (χ2n) is 3.69. The molecule has 0 aromatic heterocycles. The van der Waals surface area contributed by atoms with Gasteiger partial charge in [-0.15, -0.1) is 0 Å². The molecule has 3 heteroatoms. The Morgan fingerprint density at radius 2 is 2.29 bits per heavy atom. The number of nitrogens with one attached hydrogen (secondary N) is 2. The molecule has 1 atom stereocenters. The second kappa shape index (κ2) is 4.33. The van der Waals surface area contributed by atoms with E-state index in [1.54, 1.807) is 6.07 Å². The van der Waals surface area contributed by atoms with Gasteiger partial charge in [0.15, 0.2) is 0 Å². The molecule has 1 aliphatic heterocycles. The summed E-state index contributed by atoms with van der Waals surface area (Å²) < 4.78 is 0. The first-order valence-electron chi connectivity index (χ1n) is 5.11. The number of phenolic OH excluding ortho intramolecular Hbond substituents is 1. The summed E-state index contributed by atoms with van der Waals surface area (Å²) >= 11 is 0. The van der Waals surface area contributed by atoms with E-state index in [4.69, 9.17) is 0 Å². The Kier molecular flexibility index (Phi) is 2.89. The van der Waals surface area contributed by atoms with E-state index in [2.05, 4.69) is 10.6 Å². The van der Waals surface area contributed by atoms with Crippen LogP contribution in [0.2, 0.25) is 0 Å². The molecule has 14 heavy (non-hydrogen) atoms. The first kappa shape index (κ1) is 9.34. The van der Waals surface area contributed by atoms with Crippen molar-refractivity contribution in [3.63, 3.8) is 0 Å². The van der Waals surface area contributed by atoms with Gasteiger partial charge in [0.2, 0.25) is 0 Å². The predicted octanol–water partition coefficient (Wildman–Crippen LogP) is 1.56. The topological polar surface area (TPSA) is 44.3 Å². The normalized spacial score (nSPS) is 21.0. The molecule has 76 valence electrons. The van der Waals surface area contributed by atoms with Crippen molar-refractivity contribution in [2.24, 2.45) is 0 Å². The summed E-state index contributed by atoms with van der Waals surface area (Å²) in [5, 5.41) is 16.1. The Labute approximate surface area is 84.1 Å². The summed E-state index contributed by atoms with van der Waals surface area (Å²) in [6.07, 6.45) is 2.48. The van der Waals surface area contributed by atoms with Gasteiger partial charge in [-0.25, -0.2) is 0 Å². The van der Waals surface area contributed by atoms with Gasteiger partial charge in [-0.1, -0.05) is 12.1 Å². The van der Waals surface area contributed by atoms with E-state index in [1.807, 2.05) is 18.2 Å². The monoisotopic (exact) mass is 192 g/mol. The zero-order valence-corrected chi connectivity index (χ0v) is 8.16. The highest BCUT2D eigenvalue weighted by molar-refractivity contribution is 5.55. The molecule has 1 heterocycles. The Morgan fingerprint density at radius 3 is 3.00 bits per heavy atom. The van der Waals surface area contributed by atoms with Crippen LogP contribution >= 0.6 is 0 Å². The summed E-state index contributed by atoms with van der Waals surface area (Å²) in [6, 6.07) is 7.89. The van der Waals surface area contributed by atoms with E-state index in [1.165, 1.54) is 12.8 Å². The zero-order chi connectivity index (χ0) is 9.80. The SMILES string of the molecule is Oc1ccccc1NCC1CCCN1. The Bertz CT molecular complexity index is 295. The number of rotatable bonds is 3. The molecule has 0 spiro atoms. The standard InChI is InChI=1S/C11H16N2O/c14-11-6-2-1-5-10(11)13-8-9-4-3-7-12-9/h1-2,5-6,9,12-14H,3-4,7-8H2. The smallest absolute Gasteiger partial charge is 0.138 e. The fraction of sp³-hybridized carbons (Fsp3) is 0.455. The maximum absolute atomic E-state index is 9.50. The number of aromatic hydroxyl groups is 1. The lowest BCUT2D eigenvalue weighted by atomic mass is 10.2. The van der Waals surface area contributed by atoms with Crippen LogP contribution in [0.5, 0.6) is 5.75 Å². The van der Waals surface area contributed by atoms with Gasteiger partial charge in [-0.2, -0.15) is 0 Å². The van der Waals surface area contributed by atoms with Gasteiger partial charge in [0.25, 0.3) is 0 Å². The molecular weight excluding hydrogens is 176 g/mol. The fourth-order valence-electron chi connectivity index (χ4n) is 1.79. The van der Waals surface area contributed by atoms with E-state index in [-0.39, 0.29) is 0 Å². The van der Waals surface area contributed by atoms with Crippen molar-refractivity contribution in [2.45, 2.75) is 18.9 Å². The summed E-state index contributed by atoms with van der Waals surface area (Å²) in [4.78, 5) is 0. The number of phenols is 1. The van der Waals surface area contributed by atoms with Crippen LogP contribution < -0.4 is 10.6 Å². The van der Waals surface area contributed by atoms with Gasteiger partial charge < -0.3 is 15.7 Å². The molecular formula is C11H16N2O. The van der Waals surface area contributed by atoms with Crippen molar-refractivity contribution in [3.8, 4) is 5.75 Å². The van der Waals surface area contributed by atoms with Crippen molar-refractivity contribution in [1.29, 1.82) is 0 Å². The molecule has 0 amide bonds. The summed E-state index contributed by atoms with van der Waals surface area (Å²) in [5.41, 5.74) is 0.821. The number of benzene rings is 1. The van der Waals surface area contributed by atoms with E-state index < -0.39 is 0 Å². The first-order chi connectivity index (χ1) is 6.86. The van der Waals surface area contributed by atoms with Crippen molar-refractivity contribution in [1.82, 2.24) is 5.32 Å². The number of anilines is 1. The largest absolute Gasteiger partial charge is 0.506 e. The van der Waals surface area contributed by atoms with E-state index >= 15 is 0 Å². The van der Waals surface area contributed by atoms with Gasteiger partial charge in [0.05, 0.1) is 5.69 Å². The molecule has 1 aliphatic rings. The van der Waals surface area contributed by atoms with Crippen LogP contribution in [0.3, 0.4) is 0 Å². The van der Waals surface area contributed by atoms with Crippen LogP contribution in [0.15, 0.2) is 24.3 Å². The lowest BCUT2D eigenvalue weighted by Crippen LogP contribution is -2.29. The number of hydrogen-bond donors (Lipinski definition) is 3. The zero-order valence-electron chi connectivity index (χ0n) is 8.16. The molecule has 3 N–H and O–H groups in total. The second-order valence-corrected chi connectivity index (χ2v) is 3.69. The van der Waals surface area contributed by atoms with E-state index in [9.17, 15) is 5.11 Å². The molecule has 1 fully saturated rings. The third kappa shape index (κ3) is 2.17. The maximum Gasteiger partial charge on any atom is 0.138 e. The molecule has 0 bridgehead atoms. The van der Waals surface area contributed by atoms with Crippen LogP contribution in [0.4, 0.5) is 5.69 Å². The van der Waals surface area contributed by atoms with Crippen molar-refractivity contribution < 1.29 is 5.11 Å². The van der Waals surface area contributed by atoms with Gasteiger partial charge in [-0.3, -0.25) is 0 Å². The first-order valence-corrected chi connectivity index (χ1v) is 5.11. The van der Waals surface area contributed by atoms with Crippen LogP contribution in [0, 0.1) is 0 Å². The highest BCUT2D eigenvalue weighted by atomic mass is 16.3. The summed E-state index contributed by atoms with van der Waals surface area (Å²) in [7, 11) is 0. The van der Waals surface area contributed by atoms with Gasteiger partial charge in [0.1, 0.15) is 5.75 Å². The van der Waals surface area contributed by atoms with Crippen molar-refractivity contribution in [2.75, 3.05) is 18.4 Å². The lowest BCUT2D eigenvalue weighted by molar-refractivity contribution is 0.476. The van der Waals surface area contributed by atoms with Crippen molar-refractivity contribution in [3.05, 3.63) is 24.3 Å². The molecule has 0 radical (unpaired) electrons. The summed E-state index contributed by atoms with van der Waals surface area (Å²) in [6.45, 7) is 2.00. The molecule has 2 rings (SSSR count). The average molecular weight is 192 g/mol. The minimum atomic E-state index is 0.325. The number of para-hydroxylation sites is 2. The van der Waals surface area contributed by atoms with E-state index in [0.29, 0.717) is 11.8 Å². The van der Waals surface area contributed by atoms with Crippen LogP contribution in [0.25, 0.3) is 0 Å². The molecule has 1 aromatic carbocycles. The minimum Gasteiger partial charge on any atom is -0.506 e. The van der Waals surface area contributed by atoms with E-state index in [0.717, 1.165) is 18.8 Å². The molecule has 0 aliphatic carbocycles. The Morgan fingerprint density at radius 1 is 1.43 bits per heavy atom. The van der Waals surface area contributed by atoms with Gasteiger partial charge in [0, 0.05) is 12.6 Å². The Balaban J connectivity index is 1.88. The minimum absolute atomic E-state index is 0.325. The molecule has 0 saturated carbocycles. The van der Waals surface area contributed by atoms with Gasteiger partial charge >= 0.3 is 0 Å². The molecule has 3 nitrogen and oxygen atoms in total. The third-order valence-electron chi connectivity index (χ3n) is 2.61. The number of hydrogen-bond acceptors (Lipinski definition) is 3. The van der Waals surface area contributed by atoms with Crippen LogP contribution in [-0.4, -0.2) is 24.2 Å².